The van der Waals surface area contributed by atoms with Crippen LogP contribution in [-0.2, 0) is 0 Å². The molecule has 4 nitrogen and oxygen atoms in total. The predicted molar refractivity (Wildman–Crippen MR) is 87.3 cm³/mol. The number of halogens is 5. The Balaban J connectivity index is 1.92. The van der Waals surface area contributed by atoms with Crippen molar-refractivity contribution in [2.45, 2.75) is 25.1 Å². The molecule has 9 heteroatoms. The molecule has 2 heterocycles. The molecule has 2 atom stereocenters. The number of imidazole rings is 1. The van der Waals surface area contributed by atoms with E-state index in [-0.39, 0.29) is 27.9 Å². The molecule has 0 amide bonds. The maximum Gasteiger partial charge on any atom is 0.387 e. The van der Waals surface area contributed by atoms with E-state index in [1.165, 1.54) is 12.3 Å². The third-order valence-electron chi connectivity index (χ3n) is 4.40. The van der Waals surface area contributed by atoms with Crippen LogP contribution in [0.15, 0.2) is 34.9 Å². The van der Waals surface area contributed by atoms with Crippen LogP contribution in [-0.4, -0.2) is 21.1 Å². The average Bonchev–Trinajstić information content (AvgIpc) is 3.07. The summed E-state index contributed by atoms with van der Waals surface area (Å²) >= 11 is 3.09. The Hall–Kier alpha value is -2.13. The molecule has 0 aliphatic heterocycles. The van der Waals surface area contributed by atoms with Crippen molar-refractivity contribution in [3.05, 3.63) is 63.5 Å². The molecule has 4 rings (SSSR count). The largest absolute Gasteiger partial charge is 0.435 e. The van der Waals surface area contributed by atoms with Crippen molar-refractivity contribution < 1.29 is 27.4 Å². The monoisotopic (exact) mass is 430 g/mol. The van der Waals surface area contributed by atoms with Gasteiger partial charge in [-0.1, -0.05) is 0 Å². The zero-order valence-electron chi connectivity index (χ0n) is 13.0. The minimum absolute atomic E-state index is 0.124. The summed E-state index contributed by atoms with van der Waals surface area (Å²) in [5, 5.41) is 10.3. The number of alkyl halides is 2. The Kier molecular flexibility index (Phi) is 4.15. The molecule has 26 heavy (non-hydrogen) atoms. The fourth-order valence-corrected chi connectivity index (χ4v) is 3.70. The van der Waals surface area contributed by atoms with Crippen LogP contribution in [0.2, 0.25) is 0 Å². The third kappa shape index (κ3) is 2.75. The van der Waals surface area contributed by atoms with Crippen molar-refractivity contribution >= 4 is 21.6 Å². The first-order chi connectivity index (χ1) is 12.3. The van der Waals surface area contributed by atoms with Crippen LogP contribution in [0.1, 0.15) is 35.4 Å². The number of ether oxygens (including phenoxy) is 1. The molecule has 1 aliphatic carbocycles. The SMILES string of the molecule is OC1CC(c2cc(F)ccc2OC(F)F)c2c1nc1cc(F)c(Br)cn21. The Morgan fingerprint density at radius 3 is 2.77 bits per heavy atom. The Morgan fingerprint density at radius 2 is 2.04 bits per heavy atom. The number of nitrogens with zero attached hydrogens (tertiary/aromatic N) is 2. The van der Waals surface area contributed by atoms with Gasteiger partial charge in [0.1, 0.15) is 23.0 Å². The standard InChI is InChI=1S/C17H11BrF4N2O2/c18-10-6-24-14(5-11(10)20)23-15-12(25)4-9(16(15)24)8-3-7(19)1-2-13(8)26-17(21)22/h1-3,5-6,9,12,17,25H,4H2. The molecule has 0 fully saturated rings. The molecule has 3 aromatic rings. The van der Waals surface area contributed by atoms with Crippen molar-refractivity contribution in [1.82, 2.24) is 9.38 Å². The summed E-state index contributed by atoms with van der Waals surface area (Å²) in [7, 11) is 0. The number of benzene rings is 1. The minimum atomic E-state index is -3.07. The van der Waals surface area contributed by atoms with E-state index in [0.29, 0.717) is 11.4 Å². The van der Waals surface area contributed by atoms with Gasteiger partial charge in [0.25, 0.3) is 0 Å². The lowest BCUT2D eigenvalue weighted by molar-refractivity contribution is -0.0506. The molecular weight excluding hydrogens is 420 g/mol. The van der Waals surface area contributed by atoms with Gasteiger partial charge < -0.3 is 14.2 Å². The summed E-state index contributed by atoms with van der Waals surface area (Å²) in [5.41, 5.74) is 1.22. The first-order valence-electron chi connectivity index (χ1n) is 7.64. The highest BCUT2D eigenvalue weighted by molar-refractivity contribution is 9.10. The first-order valence-corrected chi connectivity index (χ1v) is 8.43. The molecule has 0 saturated heterocycles. The predicted octanol–water partition coefficient (Wildman–Crippen LogP) is 4.55. The maximum atomic E-state index is 13.8. The van der Waals surface area contributed by atoms with Crippen molar-refractivity contribution in [3.63, 3.8) is 0 Å². The van der Waals surface area contributed by atoms with E-state index >= 15 is 0 Å². The summed E-state index contributed by atoms with van der Waals surface area (Å²) in [6.45, 7) is -3.07. The highest BCUT2D eigenvalue weighted by atomic mass is 79.9. The Bertz CT molecular complexity index is 1010. The summed E-state index contributed by atoms with van der Waals surface area (Å²) < 4.78 is 59.2. The van der Waals surface area contributed by atoms with Gasteiger partial charge in [0.15, 0.2) is 0 Å². The molecular formula is C17H11BrF4N2O2. The molecule has 2 aromatic heterocycles. The van der Waals surface area contributed by atoms with Crippen LogP contribution in [0.3, 0.4) is 0 Å². The molecule has 0 bridgehead atoms. The molecule has 0 radical (unpaired) electrons. The number of hydrogen-bond acceptors (Lipinski definition) is 3. The number of hydrogen-bond donors (Lipinski definition) is 1. The number of aromatic nitrogens is 2. The number of aliphatic hydroxyl groups excluding tert-OH is 1. The van der Waals surface area contributed by atoms with Gasteiger partial charge in [-0.2, -0.15) is 8.78 Å². The van der Waals surface area contributed by atoms with Crippen molar-refractivity contribution in [2.75, 3.05) is 0 Å². The van der Waals surface area contributed by atoms with Gasteiger partial charge >= 0.3 is 6.61 Å². The van der Waals surface area contributed by atoms with Crippen LogP contribution < -0.4 is 4.74 Å². The van der Waals surface area contributed by atoms with Crippen LogP contribution in [0.4, 0.5) is 17.6 Å². The summed E-state index contributed by atoms with van der Waals surface area (Å²) in [5.74, 6) is -1.97. The van der Waals surface area contributed by atoms with Gasteiger partial charge in [-0.25, -0.2) is 13.8 Å². The van der Waals surface area contributed by atoms with Gasteiger partial charge in [0.05, 0.1) is 22.0 Å². The lowest BCUT2D eigenvalue weighted by Crippen LogP contribution is -2.09. The zero-order chi connectivity index (χ0) is 18.6. The zero-order valence-corrected chi connectivity index (χ0v) is 14.6. The third-order valence-corrected chi connectivity index (χ3v) is 4.98. The minimum Gasteiger partial charge on any atom is -0.435 e. The molecule has 1 N–H and O–H groups in total. The van der Waals surface area contributed by atoms with E-state index < -0.39 is 30.3 Å². The summed E-state index contributed by atoms with van der Waals surface area (Å²) in [6.07, 6.45) is 0.576. The molecule has 0 spiro atoms. The number of aliphatic hydroxyl groups is 1. The fraction of sp³-hybridized carbons (Fsp3) is 0.235. The topological polar surface area (TPSA) is 46.8 Å². The number of pyridine rings is 1. The van der Waals surface area contributed by atoms with E-state index in [1.807, 2.05) is 0 Å². The van der Waals surface area contributed by atoms with E-state index in [1.54, 1.807) is 4.40 Å². The quantitative estimate of drug-likeness (QED) is 0.620. The molecule has 1 aromatic carbocycles. The molecule has 0 saturated carbocycles. The average molecular weight is 431 g/mol. The second kappa shape index (κ2) is 6.24. The molecule has 1 aliphatic rings. The summed E-state index contributed by atoms with van der Waals surface area (Å²) in [6, 6.07) is 4.43. The smallest absolute Gasteiger partial charge is 0.387 e. The highest BCUT2D eigenvalue weighted by Gasteiger charge is 2.37. The van der Waals surface area contributed by atoms with E-state index in [0.717, 1.165) is 18.2 Å². The van der Waals surface area contributed by atoms with Gasteiger partial charge in [-0.3, -0.25) is 0 Å². The lowest BCUT2D eigenvalue weighted by atomic mass is 9.95. The maximum absolute atomic E-state index is 13.8. The second-order valence-corrected chi connectivity index (χ2v) is 6.80. The van der Waals surface area contributed by atoms with Gasteiger partial charge in [-0.05, 0) is 40.5 Å². The van der Waals surface area contributed by atoms with Crippen LogP contribution in [0.5, 0.6) is 5.75 Å². The molecule has 136 valence electrons. The fourth-order valence-electron chi connectivity index (χ4n) is 3.38. The number of fused-ring (bicyclic) bond motifs is 3. The van der Waals surface area contributed by atoms with Crippen molar-refractivity contribution in [1.29, 1.82) is 0 Å². The Labute approximate surface area is 153 Å². The van der Waals surface area contributed by atoms with E-state index in [9.17, 15) is 22.7 Å². The Morgan fingerprint density at radius 1 is 1.27 bits per heavy atom. The van der Waals surface area contributed by atoms with Crippen LogP contribution >= 0.6 is 15.9 Å². The highest BCUT2D eigenvalue weighted by Crippen LogP contribution is 2.47. The van der Waals surface area contributed by atoms with E-state index in [2.05, 4.69) is 25.7 Å². The van der Waals surface area contributed by atoms with Crippen LogP contribution in [0.25, 0.3) is 5.65 Å². The summed E-state index contributed by atoms with van der Waals surface area (Å²) in [4.78, 5) is 4.23. The normalized spacial score (nSPS) is 19.3. The van der Waals surface area contributed by atoms with Crippen molar-refractivity contribution in [3.8, 4) is 5.75 Å². The first kappa shape index (κ1) is 17.3. The van der Waals surface area contributed by atoms with Gasteiger partial charge in [0.2, 0.25) is 0 Å². The second-order valence-electron chi connectivity index (χ2n) is 5.94. The van der Waals surface area contributed by atoms with Crippen LogP contribution in [0, 0.1) is 11.6 Å². The van der Waals surface area contributed by atoms with E-state index in [4.69, 9.17) is 0 Å². The lowest BCUT2D eigenvalue weighted by Gasteiger charge is -2.17. The number of rotatable bonds is 3. The molecule has 2 unspecified atom stereocenters. The van der Waals surface area contributed by atoms with Gasteiger partial charge in [0, 0.05) is 23.7 Å². The van der Waals surface area contributed by atoms with Crippen molar-refractivity contribution in [2.24, 2.45) is 0 Å². The van der Waals surface area contributed by atoms with Gasteiger partial charge in [-0.15, -0.1) is 0 Å².